The Morgan fingerprint density at radius 2 is 1.65 bits per heavy atom. The molecule has 0 radical (unpaired) electrons. The number of halogens is 1. The fourth-order valence-corrected chi connectivity index (χ4v) is 4.53. The monoisotopic (exact) mass is 483 g/mol. The van der Waals surface area contributed by atoms with E-state index in [0.29, 0.717) is 50.3 Å². The van der Waals surface area contributed by atoms with Gasteiger partial charge >= 0.3 is 6.09 Å². The van der Waals surface area contributed by atoms with E-state index in [1.165, 1.54) is 23.9 Å². The van der Waals surface area contributed by atoms with Crippen LogP contribution < -0.4 is 0 Å². The minimum absolute atomic E-state index is 0.0221. The first-order chi connectivity index (χ1) is 16.5. The number of amides is 2. The van der Waals surface area contributed by atoms with Crippen LogP contribution in [0.4, 0.5) is 9.18 Å². The number of hydrogen-bond acceptors (Lipinski definition) is 6. The van der Waals surface area contributed by atoms with E-state index in [-0.39, 0.29) is 23.6 Å². The largest absolute Gasteiger partial charge is 0.450 e. The van der Waals surface area contributed by atoms with Gasteiger partial charge in [-0.05, 0) is 36.8 Å². The molecule has 0 aliphatic carbocycles. The molecule has 2 amide bonds. The molecular weight excluding hydrogens is 457 g/mol. The summed E-state index contributed by atoms with van der Waals surface area (Å²) in [5, 5.41) is 9.27. The van der Waals surface area contributed by atoms with Crippen LogP contribution in [-0.2, 0) is 16.1 Å². The van der Waals surface area contributed by atoms with E-state index in [9.17, 15) is 14.0 Å². The van der Waals surface area contributed by atoms with Crippen LogP contribution >= 0.6 is 11.8 Å². The number of thioether (sulfide) groups is 1. The molecule has 0 bridgehead atoms. The zero-order chi connectivity index (χ0) is 23.9. The van der Waals surface area contributed by atoms with Crippen molar-refractivity contribution in [2.75, 3.05) is 38.5 Å². The average Bonchev–Trinajstić information content (AvgIpc) is 3.26. The summed E-state index contributed by atoms with van der Waals surface area (Å²) in [6.45, 7) is 4.47. The van der Waals surface area contributed by atoms with Gasteiger partial charge in [0.1, 0.15) is 5.82 Å². The van der Waals surface area contributed by atoms with Crippen molar-refractivity contribution in [1.82, 2.24) is 24.6 Å². The Morgan fingerprint density at radius 1 is 0.971 bits per heavy atom. The maximum absolute atomic E-state index is 13.4. The van der Waals surface area contributed by atoms with Gasteiger partial charge in [-0.15, -0.1) is 10.2 Å². The summed E-state index contributed by atoms with van der Waals surface area (Å²) in [7, 11) is 0. The van der Waals surface area contributed by atoms with Crippen molar-refractivity contribution in [3.8, 4) is 11.4 Å². The molecule has 0 N–H and O–H groups in total. The number of rotatable bonds is 7. The van der Waals surface area contributed by atoms with Gasteiger partial charge in [0.25, 0.3) is 0 Å². The van der Waals surface area contributed by atoms with Crippen LogP contribution in [-0.4, -0.2) is 75.1 Å². The third kappa shape index (κ3) is 5.74. The first-order valence-electron chi connectivity index (χ1n) is 11.1. The van der Waals surface area contributed by atoms with Crippen molar-refractivity contribution in [1.29, 1.82) is 0 Å². The van der Waals surface area contributed by atoms with Gasteiger partial charge in [0.2, 0.25) is 5.91 Å². The molecule has 1 aromatic heterocycles. The predicted molar refractivity (Wildman–Crippen MR) is 127 cm³/mol. The minimum atomic E-state index is -0.341. The van der Waals surface area contributed by atoms with Crippen molar-refractivity contribution in [3.05, 3.63) is 66.0 Å². The summed E-state index contributed by atoms with van der Waals surface area (Å²) in [5.74, 6) is 0.476. The number of piperazine rings is 1. The average molecular weight is 484 g/mol. The van der Waals surface area contributed by atoms with E-state index in [0.717, 1.165) is 11.1 Å². The Labute approximate surface area is 201 Å². The molecule has 2 aromatic carbocycles. The van der Waals surface area contributed by atoms with Crippen LogP contribution in [0.5, 0.6) is 0 Å². The molecule has 0 spiro atoms. The first kappa shape index (κ1) is 23.7. The second kappa shape index (κ2) is 11.1. The summed E-state index contributed by atoms with van der Waals surface area (Å²) in [5.41, 5.74) is 1.81. The fraction of sp³-hybridized carbons (Fsp3) is 0.333. The highest BCUT2D eigenvalue weighted by molar-refractivity contribution is 7.99. The summed E-state index contributed by atoms with van der Waals surface area (Å²) in [6.07, 6.45) is -0.341. The van der Waals surface area contributed by atoms with Crippen LogP contribution in [0.1, 0.15) is 12.5 Å². The number of ether oxygens (including phenoxy) is 1. The number of aromatic nitrogens is 3. The Kier molecular flexibility index (Phi) is 7.79. The van der Waals surface area contributed by atoms with Crippen molar-refractivity contribution < 1.29 is 18.7 Å². The van der Waals surface area contributed by atoms with E-state index in [2.05, 4.69) is 10.2 Å². The molecule has 10 heteroatoms. The van der Waals surface area contributed by atoms with Crippen LogP contribution in [0.3, 0.4) is 0 Å². The Morgan fingerprint density at radius 3 is 2.32 bits per heavy atom. The summed E-state index contributed by atoms with van der Waals surface area (Å²) in [6, 6.07) is 16.0. The van der Waals surface area contributed by atoms with Crippen molar-refractivity contribution >= 4 is 23.8 Å². The van der Waals surface area contributed by atoms with Gasteiger partial charge in [0, 0.05) is 31.7 Å². The SMILES string of the molecule is CCOC(=O)N1CCN(C(=O)CSc2nnc(-c3ccc(F)cc3)n2Cc2ccccc2)CC1. The quantitative estimate of drug-likeness (QED) is 0.479. The number of benzene rings is 2. The molecule has 34 heavy (non-hydrogen) atoms. The first-order valence-corrected chi connectivity index (χ1v) is 12.1. The van der Waals surface area contributed by atoms with E-state index in [1.807, 2.05) is 34.9 Å². The molecule has 0 unspecified atom stereocenters. The maximum Gasteiger partial charge on any atom is 0.409 e. The van der Waals surface area contributed by atoms with Crippen molar-refractivity contribution in [3.63, 3.8) is 0 Å². The molecule has 0 atom stereocenters. The van der Waals surface area contributed by atoms with Crippen LogP contribution in [0.2, 0.25) is 0 Å². The molecule has 3 aromatic rings. The highest BCUT2D eigenvalue weighted by Crippen LogP contribution is 2.26. The molecule has 178 valence electrons. The lowest BCUT2D eigenvalue weighted by Gasteiger charge is -2.34. The van der Waals surface area contributed by atoms with E-state index >= 15 is 0 Å². The van der Waals surface area contributed by atoms with Gasteiger partial charge in [-0.2, -0.15) is 0 Å². The standard InChI is InChI=1S/C24H26FN5O3S/c1-2-33-24(32)29-14-12-28(13-15-29)21(31)17-34-23-27-26-22(19-8-10-20(25)11-9-19)30(23)16-18-6-4-3-5-7-18/h3-11H,2,12-17H2,1H3. The summed E-state index contributed by atoms with van der Waals surface area (Å²) < 4.78 is 20.4. The van der Waals surface area contributed by atoms with E-state index < -0.39 is 0 Å². The Balaban J connectivity index is 1.45. The lowest BCUT2D eigenvalue weighted by molar-refractivity contribution is -0.129. The second-order valence-electron chi connectivity index (χ2n) is 7.74. The van der Waals surface area contributed by atoms with Crippen molar-refractivity contribution in [2.45, 2.75) is 18.6 Å². The smallest absolute Gasteiger partial charge is 0.409 e. The normalized spacial score (nSPS) is 13.7. The Hall–Kier alpha value is -3.40. The molecule has 1 saturated heterocycles. The zero-order valence-electron chi connectivity index (χ0n) is 18.9. The highest BCUT2D eigenvalue weighted by Gasteiger charge is 2.25. The molecule has 1 aliphatic rings. The zero-order valence-corrected chi connectivity index (χ0v) is 19.7. The number of carbonyl (C=O) groups excluding carboxylic acids is 2. The molecule has 4 rings (SSSR count). The van der Waals surface area contributed by atoms with E-state index in [1.54, 1.807) is 28.9 Å². The lowest BCUT2D eigenvalue weighted by Crippen LogP contribution is -2.51. The van der Waals surface area contributed by atoms with Gasteiger partial charge in [-0.25, -0.2) is 9.18 Å². The Bertz CT molecular complexity index is 1120. The topological polar surface area (TPSA) is 80.6 Å². The van der Waals surface area contributed by atoms with Gasteiger partial charge in [0.15, 0.2) is 11.0 Å². The fourth-order valence-electron chi connectivity index (χ4n) is 3.69. The van der Waals surface area contributed by atoms with Crippen LogP contribution in [0.25, 0.3) is 11.4 Å². The third-order valence-corrected chi connectivity index (χ3v) is 6.44. The minimum Gasteiger partial charge on any atom is -0.450 e. The third-order valence-electron chi connectivity index (χ3n) is 5.49. The molecule has 8 nitrogen and oxygen atoms in total. The summed E-state index contributed by atoms with van der Waals surface area (Å²) in [4.78, 5) is 28.1. The summed E-state index contributed by atoms with van der Waals surface area (Å²) >= 11 is 1.32. The van der Waals surface area contributed by atoms with Crippen LogP contribution in [0, 0.1) is 5.82 Å². The molecule has 1 aliphatic heterocycles. The van der Waals surface area contributed by atoms with Crippen LogP contribution in [0.15, 0.2) is 59.8 Å². The number of nitrogens with zero attached hydrogens (tertiary/aromatic N) is 5. The van der Waals surface area contributed by atoms with Gasteiger partial charge in [0.05, 0.1) is 18.9 Å². The van der Waals surface area contributed by atoms with Gasteiger partial charge in [-0.3, -0.25) is 9.36 Å². The second-order valence-corrected chi connectivity index (χ2v) is 8.68. The van der Waals surface area contributed by atoms with Gasteiger partial charge in [-0.1, -0.05) is 42.1 Å². The van der Waals surface area contributed by atoms with Gasteiger partial charge < -0.3 is 14.5 Å². The van der Waals surface area contributed by atoms with Crippen molar-refractivity contribution in [2.24, 2.45) is 0 Å². The lowest BCUT2D eigenvalue weighted by atomic mass is 10.2. The highest BCUT2D eigenvalue weighted by atomic mass is 32.2. The predicted octanol–water partition coefficient (Wildman–Crippen LogP) is 3.53. The number of carbonyl (C=O) groups is 2. The van der Waals surface area contributed by atoms with E-state index in [4.69, 9.17) is 4.74 Å². The molecule has 0 saturated carbocycles. The maximum atomic E-state index is 13.4. The number of hydrogen-bond donors (Lipinski definition) is 0. The molecule has 2 heterocycles. The molecular formula is C24H26FN5O3S. The molecule has 1 fully saturated rings.